The van der Waals surface area contributed by atoms with E-state index in [-0.39, 0.29) is 0 Å². The molecule has 1 aliphatic rings. The van der Waals surface area contributed by atoms with Crippen molar-refractivity contribution in [1.82, 2.24) is 15.3 Å². The van der Waals surface area contributed by atoms with Crippen molar-refractivity contribution >= 4 is 5.82 Å². The average Bonchev–Trinajstić information content (AvgIpc) is 2.94. The van der Waals surface area contributed by atoms with Crippen molar-refractivity contribution in [3.05, 3.63) is 30.8 Å². The van der Waals surface area contributed by atoms with E-state index in [4.69, 9.17) is 4.42 Å². The maximum atomic E-state index is 5.34. The lowest BCUT2D eigenvalue weighted by Crippen LogP contribution is -2.35. The normalized spacial score (nSPS) is 16.7. The number of hydrogen-bond donors (Lipinski definition) is 2. The fourth-order valence-corrected chi connectivity index (χ4v) is 2.17. The molecule has 18 heavy (non-hydrogen) atoms. The molecule has 0 spiro atoms. The lowest BCUT2D eigenvalue weighted by molar-refractivity contribution is 0.478. The number of hydrogen-bond acceptors (Lipinski definition) is 5. The van der Waals surface area contributed by atoms with Gasteiger partial charge in [0.2, 0.25) is 0 Å². The molecule has 0 unspecified atom stereocenters. The van der Waals surface area contributed by atoms with Gasteiger partial charge in [0.05, 0.1) is 6.26 Å². The molecule has 3 rings (SSSR count). The molecule has 0 bridgehead atoms. The van der Waals surface area contributed by atoms with Gasteiger partial charge in [-0.15, -0.1) is 0 Å². The van der Waals surface area contributed by atoms with Crippen molar-refractivity contribution in [3.8, 4) is 11.5 Å². The van der Waals surface area contributed by atoms with Gasteiger partial charge in [-0.3, -0.25) is 0 Å². The van der Waals surface area contributed by atoms with Crippen LogP contribution in [0.1, 0.15) is 12.8 Å². The summed E-state index contributed by atoms with van der Waals surface area (Å²) in [6.07, 6.45) is 5.47. The third-order valence-corrected chi connectivity index (χ3v) is 3.13. The highest BCUT2D eigenvalue weighted by molar-refractivity contribution is 5.56. The first-order chi connectivity index (χ1) is 8.92. The minimum atomic E-state index is 0.491. The Morgan fingerprint density at radius 2 is 2.17 bits per heavy atom. The van der Waals surface area contributed by atoms with Gasteiger partial charge in [0, 0.05) is 12.1 Å². The minimum absolute atomic E-state index is 0.491. The Labute approximate surface area is 106 Å². The molecule has 0 atom stereocenters. The zero-order chi connectivity index (χ0) is 12.2. The van der Waals surface area contributed by atoms with Crippen LogP contribution in [0.5, 0.6) is 0 Å². The number of nitrogens with one attached hydrogen (secondary N) is 2. The number of rotatable bonds is 3. The van der Waals surface area contributed by atoms with E-state index >= 15 is 0 Å². The summed E-state index contributed by atoms with van der Waals surface area (Å²) in [5.74, 6) is 1.63. The van der Waals surface area contributed by atoms with Crippen LogP contribution in [0.25, 0.3) is 11.5 Å². The Hall–Kier alpha value is -1.88. The Bertz CT molecular complexity index is 491. The third kappa shape index (κ3) is 2.51. The van der Waals surface area contributed by atoms with E-state index < -0.39 is 0 Å². The molecule has 0 saturated carbocycles. The van der Waals surface area contributed by atoms with Crippen molar-refractivity contribution in [2.75, 3.05) is 18.4 Å². The number of furan rings is 1. The van der Waals surface area contributed by atoms with Crippen LogP contribution >= 0.6 is 0 Å². The summed E-state index contributed by atoms with van der Waals surface area (Å²) < 4.78 is 5.34. The van der Waals surface area contributed by atoms with Crippen LogP contribution in [0, 0.1) is 0 Å². The van der Waals surface area contributed by atoms with Crippen molar-refractivity contribution in [1.29, 1.82) is 0 Å². The van der Waals surface area contributed by atoms with Crippen LogP contribution in [0.4, 0.5) is 5.82 Å². The summed E-state index contributed by atoms with van der Waals surface area (Å²) in [4.78, 5) is 8.48. The van der Waals surface area contributed by atoms with Gasteiger partial charge in [0.25, 0.3) is 0 Å². The molecule has 1 fully saturated rings. The summed E-state index contributed by atoms with van der Waals surface area (Å²) in [6.45, 7) is 2.13. The first-order valence-corrected chi connectivity index (χ1v) is 6.25. The van der Waals surface area contributed by atoms with Crippen molar-refractivity contribution < 1.29 is 4.42 Å². The van der Waals surface area contributed by atoms with Crippen molar-refractivity contribution in [3.63, 3.8) is 0 Å². The predicted octanol–water partition coefficient (Wildman–Crippen LogP) is 1.90. The summed E-state index contributed by atoms with van der Waals surface area (Å²) in [5, 5.41) is 6.80. The maximum Gasteiger partial charge on any atom is 0.152 e. The Morgan fingerprint density at radius 1 is 1.28 bits per heavy atom. The molecule has 2 aromatic heterocycles. The van der Waals surface area contributed by atoms with Crippen molar-refractivity contribution in [2.45, 2.75) is 18.9 Å². The smallest absolute Gasteiger partial charge is 0.152 e. The molecule has 0 aliphatic carbocycles. The van der Waals surface area contributed by atoms with Gasteiger partial charge in [0.1, 0.15) is 17.8 Å². The topological polar surface area (TPSA) is 63.0 Å². The van der Waals surface area contributed by atoms with Crippen LogP contribution in [-0.4, -0.2) is 29.1 Å². The molecule has 1 aliphatic heterocycles. The SMILES string of the molecule is c1coc(-c2cc(NC3CCNCC3)ncn2)c1. The standard InChI is InChI=1S/C13H16N4O/c1-2-12(18-7-1)11-8-13(16-9-15-11)17-10-3-5-14-6-4-10/h1-2,7-10,14H,3-6H2,(H,15,16,17). The second-order valence-electron chi connectivity index (χ2n) is 4.43. The molecule has 5 nitrogen and oxygen atoms in total. The Morgan fingerprint density at radius 3 is 2.94 bits per heavy atom. The van der Waals surface area contributed by atoms with Crippen LogP contribution in [0.2, 0.25) is 0 Å². The van der Waals surface area contributed by atoms with Crippen LogP contribution in [0.15, 0.2) is 35.2 Å². The molecule has 0 aromatic carbocycles. The van der Waals surface area contributed by atoms with Crippen LogP contribution in [0.3, 0.4) is 0 Å². The molecule has 5 heteroatoms. The first kappa shape index (κ1) is 11.2. The molecule has 0 radical (unpaired) electrons. The highest BCUT2D eigenvalue weighted by Gasteiger charge is 2.13. The largest absolute Gasteiger partial charge is 0.463 e. The van der Waals surface area contributed by atoms with Gasteiger partial charge in [-0.2, -0.15) is 0 Å². The quantitative estimate of drug-likeness (QED) is 0.863. The zero-order valence-corrected chi connectivity index (χ0v) is 10.1. The van der Waals surface area contributed by atoms with Crippen LogP contribution in [-0.2, 0) is 0 Å². The fraction of sp³-hybridized carbons (Fsp3) is 0.385. The van der Waals surface area contributed by atoms with E-state index in [1.165, 1.54) is 0 Å². The highest BCUT2D eigenvalue weighted by atomic mass is 16.3. The lowest BCUT2D eigenvalue weighted by Gasteiger charge is -2.24. The summed E-state index contributed by atoms with van der Waals surface area (Å²) in [6, 6.07) is 6.18. The Kier molecular flexibility index (Phi) is 3.23. The van der Waals surface area contributed by atoms with Crippen LogP contribution < -0.4 is 10.6 Å². The third-order valence-electron chi connectivity index (χ3n) is 3.13. The van der Waals surface area contributed by atoms with E-state index in [9.17, 15) is 0 Å². The number of nitrogens with zero attached hydrogens (tertiary/aromatic N) is 2. The van der Waals surface area contributed by atoms with E-state index in [0.29, 0.717) is 6.04 Å². The van der Waals surface area contributed by atoms with E-state index in [1.807, 2.05) is 18.2 Å². The molecule has 2 N–H and O–H groups in total. The summed E-state index contributed by atoms with van der Waals surface area (Å²) in [7, 11) is 0. The fourth-order valence-electron chi connectivity index (χ4n) is 2.17. The molecular formula is C13H16N4O. The Balaban J connectivity index is 1.74. The number of piperidine rings is 1. The van der Waals surface area contributed by atoms with Gasteiger partial charge in [-0.05, 0) is 38.1 Å². The first-order valence-electron chi connectivity index (χ1n) is 6.25. The lowest BCUT2D eigenvalue weighted by atomic mass is 10.1. The van der Waals surface area contributed by atoms with Gasteiger partial charge in [-0.1, -0.05) is 0 Å². The monoisotopic (exact) mass is 244 g/mol. The van der Waals surface area contributed by atoms with Gasteiger partial charge >= 0.3 is 0 Å². The van der Waals surface area contributed by atoms with E-state index in [2.05, 4.69) is 20.6 Å². The highest BCUT2D eigenvalue weighted by Crippen LogP contribution is 2.20. The summed E-state index contributed by atoms with van der Waals surface area (Å²) >= 11 is 0. The minimum Gasteiger partial charge on any atom is -0.463 e. The van der Waals surface area contributed by atoms with E-state index in [1.54, 1.807) is 12.6 Å². The van der Waals surface area contributed by atoms with Gasteiger partial charge in [-0.25, -0.2) is 9.97 Å². The summed E-state index contributed by atoms with van der Waals surface area (Å²) in [5.41, 5.74) is 0.812. The maximum absolute atomic E-state index is 5.34. The molecule has 0 amide bonds. The molecule has 1 saturated heterocycles. The second-order valence-corrected chi connectivity index (χ2v) is 4.43. The number of anilines is 1. The predicted molar refractivity (Wildman–Crippen MR) is 69.2 cm³/mol. The van der Waals surface area contributed by atoms with Crippen molar-refractivity contribution in [2.24, 2.45) is 0 Å². The number of aromatic nitrogens is 2. The van der Waals surface area contributed by atoms with Gasteiger partial charge < -0.3 is 15.1 Å². The zero-order valence-electron chi connectivity index (χ0n) is 10.1. The molecular weight excluding hydrogens is 228 g/mol. The average molecular weight is 244 g/mol. The molecule has 3 heterocycles. The molecule has 2 aromatic rings. The van der Waals surface area contributed by atoms with E-state index in [0.717, 1.165) is 43.2 Å². The van der Waals surface area contributed by atoms with Gasteiger partial charge in [0.15, 0.2) is 5.76 Å². The second kappa shape index (κ2) is 5.18. The molecule has 94 valence electrons.